The fourth-order valence-corrected chi connectivity index (χ4v) is 2.16. The zero-order valence-corrected chi connectivity index (χ0v) is 10.4. The van der Waals surface area contributed by atoms with Gasteiger partial charge in [0.05, 0.1) is 6.10 Å². The zero-order valence-electron chi connectivity index (χ0n) is 10.4. The van der Waals surface area contributed by atoms with Crippen LogP contribution >= 0.6 is 0 Å². The van der Waals surface area contributed by atoms with Gasteiger partial charge in [0.1, 0.15) is 11.5 Å². The first-order valence-corrected chi connectivity index (χ1v) is 6.37. The van der Waals surface area contributed by atoms with Crippen LogP contribution in [-0.4, -0.2) is 53.9 Å². The summed E-state index contributed by atoms with van der Waals surface area (Å²) in [4.78, 5) is 17.9. The van der Waals surface area contributed by atoms with Crippen LogP contribution in [0, 0.1) is 0 Å². The molecule has 0 unspecified atom stereocenters. The first-order valence-electron chi connectivity index (χ1n) is 6.37. The van der Waals surface area contributed by atoms with Gasteiger partial charge in [0.25, 0.3) is 5.91 Å². The first-order chi connectivity index (χ1) is 8.65. The molecule has 0 saturated carbocycles. The summed E-state index contributed by atoms with van der Waals surface area (Å²) in [6.45, 7) is 3.21. The van der Waals surface area contributed by atoms with Crippen LogP contribution in [0.15, 0.2) is 16.9 Å². The van der Waals surface area contributed by atoms with Crippen LogP contribution in [0.25, 0.3) is 0 Å². The predicted molar refractivity (Wildman–Crippen MR) is 69.0 cm³/mol. The fraction of sp³-hybridized carbons (Fsp3) is 0.667. The van der Waals surface area contributed by atoms with E-state index in [2.05, 4.69) is 15.2 Å². The van der Waals surface area contributed by atoms with Gasteiger partial charge in [0, 0.05) is 32.6 Å². The molecule has 1 amide bonds. The molecule has 2 rings (SSSR count). The van der Waals surface area contributed by atoms with E-state index in [-0.39, 0.29) is 12.0 Å². The Hall–Kier alpha value is -1.40. The number of amides is 1. The standard InChI is InChI=1S/C12H20N4O2/c13-11-2-1-10(15-11)12(18)14-5-8-16-6-3-9(17)4-7-16/h2,9,17H,1,3-8,13H2,(H,14,18). The molecule has 2 aliphatic rings. The van der Waals surface area contributed by atoms with Gasteiger partial charge in [-0.3, -0.25) is 4.79 Å². The average molecular weight is 252 g/mol. The van der Waals surface area contributed by atoms with E-state index in [4.69, 9.17) is 5.73 Å². The molecule has 6 heteroatoms. The summed E-state index contributed by atoms with van der Waals surface area (Å²) >= 11 is 0. The highest BCUT2D eigenvalue weighted by atomic mass is 16.3. The Bertz CT molecular complexity index is 370. The van der Waals surface area contributed by atoms with Gasteiger partial charge in [-0.2, -0.15) is 0 Å². The molecule has 0 bridgehead atoms. The maximum atomic E-state index is 11.7. The van der Waals surface area contributed by atoms with Gasteiger partial charge < -0.3 is 21.1 Å². The van der Waals surface area contributed by atoms with Gasteiger partial charge in [-0.1, -0.05) is 0 Å². The van der Waals surface area contributed by atoms with E-state index < -0.39 is 0 Å². The van der Waals surface area contributed by atoms with E-state index in [1.807, 2.05) is 0 Å². The number of piperidine rings is 1. The lowest BCUT2D eigenvalue weighted by atomic mass is 10.1. The van der Waals surface area contributed by atoms with Crippen molar-refractivity contribution in [3.05, 3.63) is 11.9 Å². The average Bonchev–Trinajstić information content (AvgIpc) is 2.78. The molecular weight excluding hydrogens is 232 g/mol. The third-order valence-corrected chi connectivity index (χ3v) is 3.30. The second-order valence-corrected chi connectivity index (χ2v) is 4.72. The Labute approximate surface area is 107 Å². The van der Waals surface area contributed by atoms with Crippen LogP contribution in [0.1, 0.15) is 19.3 Å². The van der Waals surface area contributed by atoms with E-state index in [9.17, 15) is 9.90 Å². The smallest absolute Gasteiger partial charge is 0.266 e. The van der Waals surface area contributed by atoms with Gasteiger partial charge >= 0.3 is 0 Å². The molecule has 2 aliphatic heterocycles. The zero-order chi connectivity index (χ0) is 13.0. The lowest BCUT2D eigenvalue weighted by molar-refractivity contribution is -0.114. The number of allylic oxidation sites excluding steroid dienone is 1. The third kappa shape index (κ3) is 3.54. The molecule has 0 aromatic rings. The maximum Gasteiger partial charge on any atom is 0.266 e. The molecule has 0 spiro atoms. The van der Waals surface area contributed by atoms with E-state index in [0.29, 0.717) is 24.5 Å². The SMILES string of the molecule is NC1=CCC(C(=O)NCCN2CCC(O)CC2)=N1. The van der Waals surface area contributed by atoms with E-state index in [1.54, 1.807) is 6.08 Å². The number of aliphatic hydroxyl groups is 1. The molecular formula is C12H20N4O2. The van der Waals surface area contributed by atoms with E-state index in [1.165, 1.54) is 0 Å². The number of nitrogens with two attached hydrogens (primary N) is 1. The number of carbonyl (C=O) groups excluding carboxylic acids is 1. The molecule has 0 aromatic carbocycles. The summed E-state index contributed by atoms with van der Waals surface area (Å²) in [6, 6.07) is 0. The molecule has 1 saturated heterocycles. The predicted octanol–water partition coefficient (Wildman–Crippen LogP) is -0.796. The highest BCUT2D eigenvalue weighted by Gasteiger charge is 2.18. The summed E-state index contributed by atoms with van der Waals surface area (Å²) in [7, 11) is 0. The third-order valence-electron chi connectivity index (χ3n) is 3.30. The molecule has 0 aromatic heterocycles. The van der Waals surface area contributed by atoms with Crippen molar-refractivity contribution in [3.8, 4) is 0 Å². The molecule has 1 fully saturated rings. The highest BCUT2D eigenvalue weighted by Crippen LogP contribution is 2.09. The molecule has 4 N–H and O–H groups in total. The van der Waals surface area contributed by atoms with E-state index in [0.717, 1.165) is 32.5 Å². The van der Waals surface area contributed by atoms with Crippen molar-refractivity contribution >= 4 is 11.6 Å². The lowest BCUT2D eigenvalue weighted by Gasteiger charge is -2.29. The van der Waals surface area contributed by atoms with Crippen molar-refractivity contribution in [1.29, 1.82) is 0 Å². The maximum absolute atomic E-state index is 11.7. The molecule has 18 heavy (non-hydrogen) atoms. The lowest BCUT2D eigenvalue weighted by Crippen LogP contribution is -2.42. The van der Waals surface area contributed by atoms with Crippen LogP contribution < -0.4 is 11.1 Å². The van der Waals surface area contributed by atoms with Crippen molar-refractivity contribution in [1.82, 2.24) is 10.2 Å². The number of aliphatic imine (C=N–C) groups is 1. The second-order valence-electron chi connectivity index (χ2n) is 4.72. The van der Waals surface area contributed by atoms with Crippen LogP contribution in [0.4, 0.5) is 0 Å². The summed E-state index contributed by atoms with van der Waals surface area (Å²) in [5.41, 5.74) is 5.97. The molecule has 6 nitrogen and oxygen atoms in total. The molecule has 0 atom stereocenters. The van der Waals surface area contributed by atoms with Crippen LogP contribution in [-0.2, 0) is 4.79 Å². The van der Waals surface area contributed by atoms with Crippen molar-refractivity contribution in [2.45, 2.75) is 25.4 Å². The number of aliphatic hydroxyl groups excluding tert-OH is 1. The molecule has 2 heterocycles. The molecule has 100 valence electrons. The monoisotopic (exact) mass is 252 g/mol. The highest BCUT2D eigenvalue weighted by molar-refractivity contribution is 6.40. The Morgan fingerprint density at radius 2 is 2.28 bits per heavy atom. The Kier molecular flexibility index (Phi) is 4.33. The van der Waals surface area contributed by atoms with Crippen LogP contribution in [0.3, 0.4) is 0 Å². The number of rotatable bonds is 4. The van der Waals surface area contributed by atoms with Crippen LogP contribution in [0.5, 0.6) is 0 Å². The first kappa shape index (κ1) is 13.0. The summed E-state index contributed by atoms with van der Waals surface area (Å²) in [5, 5.41) is 12.2. The topological polar surface area (TPSA) is 91.0 Å². The van der Waals surface area contributed by atoms with Gasteiger partial charge in [-0.05, 0) is 18.9 Å². The summed E-state index contributed by atoms with van der Waals surface area (Å²) in [5.74, 6) is 0.286. The van der Waals surface area contributed by atoms with Crippen molar-refractivity contribution in [2.75, 3.05) is 26.2 Å². The number of hydrogen-bond acceptors (Lipinski definition) is 5. The number of nitrogens with zero attached hydrogens (tertiary/aromatic N) is 2. The normalized spacial score (nSPS) is 21.6. The Morgan fingerprint density at radius 3 is 2.89 bits per heavy atom. The number of likely N-dealkylation sites (tertiary alicyclic amines) is 1. The summed E-state index contributed by atoms with van der Waals surface area (Å²) < 4.78 is 0. The minimum absolute atomic E-state index is 0.135. The largest absolute Gasteiger partial charge is 0.393 e. The van der Waals surface area contributed by atoms with Gasteiger partial charge in [0.15, 0.2) is 0 Å². The number of carbonyl (C=O) groups is 1. The van der Waals surface area contributed by atoms with Crippen LogP contribution in [0.2, 0.25) is 0 Å². The number of nitrogens with one attached hydrogen (secondary N) is 1. The minimum atomic E-state index is -0.155. The van der Waals surface area contributed by atoms with Gasteiger partial charge in [-0.25, -0.2) is 4.99 Å². The minimum Gasteiger partial charge on any atom is -0.393 e. The van der Waals surface area contributed by atoms with Crippen molar-refractivity contribution in [3.63, 3.8) is 0 Å². The quantitative estimate of drug-likeness (QED) is 0.611. The molecule has 0 aliphatic carbocycles. The fourth-order valence-electron chi connectivity index (χ4n) is 2.16. The molecule has 0 radical (unpaired) electrons. The second kappa shape index (κ2) is 5.97. The Morgan fingerprint density at radius 1 is 1.56 bits per heavy atom. The van der Waals surface area contributed by atoms with Gasteiger partial charge in [0.2, 0.25) is 0 Å². The van der Waals surface area contributed by atoms with E-state index >= 15 is 0 Å². The summed E-state index contributed by atoms with van der Waals surface area (Å²) in [6.07, 6.45) is 3.74. The van der Waals surface area contributed by atoms with Gasteiger partial charge in [-0.15, -0.1) is 0 Å². The van der Waals surface area contributed by atoms with Crippen molar-refractivity contribution in [2.24, 2.45) is 10.7 Å². The Balaban J connectivity index is 1.64. The van der Waals surface area contributed by atoms with Crippen molar-refractivity contribution < 1.29 is 9.90 Å². The number of hydrogen-bond donors (Lipinski definition) is 3.